The summed E-state index contributed by atoms with van der Waals surface area (Å²) in [6.07, 6.45) is -0.818. The highest BCUT2D eigenvalue weighted by Crippen LogP contribution is 2.19. The van der Waals surface area contributed by atoms with Crippen molar-refractivity contribution >= 4 is 18.0 Å². The Morgan fingerprint density at radius 1 is 0.880 bits per heavy atom. The first kappa shape index (κ1) is 18.2. The van der Waals surface area contributed by atoms with Crippen LogP contribution in [0.5, 0.6) is 0 Å². The van der Waals surface area contributed by atoms with E-state index in [0.717, 1.165) is 16.7 Å². The largest absolute Gasteiger partial charge is 0.455 e. The van der Waals surface area contributed by atoms with E-state index in [4.69, 9.17) is 4.74 Å². The van der Waals surface area contributed by atoms with Gasteiger partial charge in [0, 0.05) is 0 Å². The van der Waals surface area contributed by atoms with Gasteiger partial charge in [0.1, 0.15) is 0 Å². The maximum atomic E-state index is 11.8. The van der Waals surface area contributed by atoms with Crippen LogP contribution in [-0.4, -0.2) is 31.2 Å². The highest BCUT2D eigenvalue weighted by Gasteiger charge is 2.12. The number of hydrogen-bond acceptors (Lipinski definition) is 5. The van der Waals surface area contributed by atoms with E-state index in [9.17, 15) is 14.4 Å². The topological polar surface area (TPSA) is 81.7 Å². The minimum Gasteiger partial charge on any atom is -0.455 e. The Morgan fingerprint density at radius 3 is 2.16 bits per heavy atom. The third-order valence-corrected chi connectivity index (χ3v) is 3.29. The summed E-state index contributed by atoms with van der Waals surface area (Å²) in [6.45, 7) is 1.24. The molecule has 0 saturated carbocycles. The highest BCUT2D eigenvalue weighted by molar-refractivity contribution is 5.93. The first-order chi connectivity index (χ1) is 12.1. The predicted molar refractivity (Wildman–Crippen MR) is 91.7 cm³/mol. The number of imide groups is 1. The third-order valence-electron chi connectivity index (χ3n) is 3.29. The number of nitrogens with one attached hydrogen (secondary N) is 1. The summed E-state index contributed by atoms with van der Waals surface area (Å²) < 4.78 is 9.39. The molecule has 0 saturated heterocycles. The summed E-state index contributed by atoms with van der Waals surface area (Å²) in [5.74, 6) is -1.28. The molecule has 0 fully saturated rings. The van der Waals surface area contributed by atoms with E-state index >= 15 is 0 Å². The van der Waals surface area contributed by atoms with Gasteiger partial charge >= 0.3 is 12.1 Å². The molecule has 130 valence electrons. The molecule has 0 aliphatic heterocycles. The minimum absolute atomic E-state index is 0.0434. The molecule has 25 heavy (non-hydrogen) atoms. The Kier molecular flexibility index (Phi) is 6.71. The molecule has 6 nitrogen and oxygen atoms in total. The fourth-order valence-corrected chi connectivity index (χ4v) is 2.13. The SMILES string of the molecule is CCOC(=O)NC(=O)COC(=O)Cc1ccc(-c2ccccc2)cc1. The number of esters is 1. The van der Waals surface area contributed by atoms with Crippen molar-refractivity contribution in [3.63, 3.8) is 0 Å². The minimum atomic E-state index is -0.861. The second kappa shape index (κ2) is 9.22. The monoisotopic (exact) mass is 341 g/mol. The number of carbonyl (C=O) groups excluding carboxylic acids is 3. The molecule has 0 aliphatic rings. The van der Waals surface area contributed by atoms with Gasteiger partial charge < -0.3 is 9.47 Å². The normalized spacial score (nSPS) is 9.96. The molecule has 0 aromatic heterocycles. The Morgan fingerprint density at radius 2 is 1.52 bits per heavy atom. The van der Waals surface area contributed by atoms with E-state index in [2.05, 4.69) is 4.74 Å². The van der Waals surface area contributed by atoms with Gasteiger partial charge in [0.05, 0.1) is 13.0 Å². The van der Waals surface area contributed by atoms with Crippen molar-refractivity contribution in [1.29, 1.82) is 0 Å². The molecule has 0 heterocycles. The van der Waals surface area contributed by atoms with Gasteiger partial charge in [-0.05, 0) is 23.6 Å². The number of alkyl carbamates (subject to hydrolysis) is 1. The van der Waals surface area contributed by atoms with Crippen molar-refractivity contribution in [2.75, 3.05) is 13.2 Å². The van der Waals surface area contributed by atoms with Gasteiger partial charge in [0.2, 0.25) is 0 Å². The van der Waals surface area contributed by atoms with Gasteiger partial charge in [0.25, 0.3) is 5.91 Å². The van der Waals surface area contributed by atoms with E-state index in [1.165, 1.54) is 0 Å². The molecule has 6 heteroatoms. The fraction of sp³-hybridized carbons (Fsp3) is 0.211. The van der Waals surface area contributed by atoms with Crippen LogP contribution in [0.3, 0.4) is 0 Å². The first-order valence-electron chi connectivity index (χ1n) is 7.85. The van der Waals surface area contributed by atoms with E-state index in [0.29, 0.717) is 0 Å². The molecule has 2 rings (SSSR count). The average molecular weight is 341 g/mol. The lowest BCUT2D eigenvalue weighted by molar-refractivity contribution is -0.147. The molecular formula is C19H19NO5. The molecule has 2 amide bonds. The van der Waals surface area contributed by atoms with Crippen LogP contribution in [0.25, 0.3) is 11.1 Å². The Bertz CT molecular complexity index is 725. The Balaban J connectivity index is 1.81. The summed E-state index contributed by atoms with van der Waals surface area (Å²) in [5.41, 5.74) is 2.91. The zero-order valence-corrected chi connectivity index (χ0v) is 13.9. The van der Waals surface area contributed by atoms with Gasteiger partial charge in [-0.3, -0.25) is 14.9 Å². The van der Waals surface area contributed by atoms with E-state index in [1.807, 2.05) is 59.9 Å². The van der Waals surface area contributed by atoms with Crippen LogP contribution < -0.4 is 5.32 Å². The van der Waals surface area contributed by atoms with Crippen LogP contribution in [0.15, 0.2) is 54.6 Å². The van der Waals surface area contributed by atoms with Crippen molar-refractivity contribution < 1.29 is 23.9 Å². The summed E-state index contributed by atoms with van der Waals surface area (Å²) in [5, 5.41) is 1.95. The van der Waals surface area contributed by atoms with Crippen LogP contribution in [0.1, 0.15) is 12.5 Å². The fourth-order valence-electron chi connectivity index (χ4n) is 2.13. The maximum absolute atomic E-state index is 11.8. The van der Waals surface area contributed by atoms with Crippen molar-refractivity contribution in [2.24, 2.45) is 0 Å². The van der Waals surface area contributed by atoms with Crippen molar-refractivity contribution in [2.45, 2.75) is 13.3 Å². The lowest BCUT2D eigenvalue weighted by atomic mass is 10.0. The molecule has 0 spiro atoms. The summed E-state index contributed by atoms with van der Waals surface area (Å²) >= 11 is 0. The van der Waals surface area contributed by atoms with Crippen molar-refractivity contribution in [1.82, 2.24) is 5.32 Å². The summed E-state index contributed by atoms with van der Waals surface area (Å²) in [7, 11) is 0. The van der Waals surface area contributed by atoms with E-state index in [1.54, 1.807) is 6.92 Å². The number of ether oxygens (including phenoxy) is 2. The number of hydrogen-bond donors (Lipinski definition) is 1. The Labute approximate surface area is 145 Å². The molecule has 0 bridgehead atoms. The third kappa shape index (κ3) is 6.10. The highest BCUT2D eigenvalue weighted by atomic mass is 16.6. The first-order valence-corrected chi connectivity index (χ1v) is 7.85. The van der Waals surface area contributed by atoms with Gasteiger partial charge in [-0.1, -0.05) is 54.6 Å². The van der Waals surface area contributed by atoms with Crippen molar-refractivity contribution in [3.05, 3.63) is 60.2 Å². The van der Waals surface area contributed by atoms with Crippen LogP contribution >= 0.6 is 0 Å². The van der Waals surface area contributed by atoms with Gasteiger partial charge in [-0.25, -0.2) is 4.79 Å². The molecule has 0 atom stereocenters. The summed E-state index contributed by atoms with van der Waals surface area (Å²) in [4.78, 5) is 34.2. The Hall–Kier alpha value is -3.15. The summed E-state index contributed by atoms with van der Waals surface area (Å²) in [6, 6.07) is 17.4. The molecule has 2 aromatic carbocycles. The number of carbonyl (C=O) groups is 3. The van der Waals surface area contributed by atoms with Gasteiger partial charge in [-0.2, -0.15) is 0 Å². The zero-order chi connectivity index (χ0) is 18.1. The van der Waals surface area contributed by atoms with Crippen LogP contribution in [-0.2, 0) is 25.5 Å². The molecule has 0 unspecified atom stereocenters. The number of benzene rings is 2. The number of amides is 2. The standard InChI is InChI=1S/C19H19NO5/c1-2-24-19(23)20-17(21)13-25-18(22)12-14-8-10-16(11-9-14)15-6-4-3-5-7-15/h3-11H,2,12-13H2,1H3,(H,20,21,23). The van der Waals surface area contributed by atoms with Crippen LogP contribution in [0.4, 0.5) is 4.79 Å². The molecule has 0 radical (unpaired) electrons. The molecule has 1 N–H and O–H groups in total. The molecule has 2 aromatic rings. The van der Waals surface area contributed by atoms with Gasteiger partial charge in [0.15, 0.2) is 6.61 Å². The smallest absolute Gasteiger partial charge is 0.413 e. The second-order valence-corrected chi connectivity index (χ2v) is 5.17. The lowest BCUT2D eigenvalue weighted by Crippen LogP contribution is -2.34. The van der Waals surface area contributed by atoms with Crippen LogP contribution in [0.2, 0.25) is 0 Å². The zero-order valence-electron chi connectivity index (χ0n) is 13.9. The molecule has 0 aliphatic carbocycles. The van der Waals surface area contributed by atoms with Crippen LogP contribution in [0, 0.1) is 0 Å². The van der Waals surface area contributed by atoms with E-state index in [-0.39, 0.29) is 13.0 Å². The van der Waals surface area contributed by atoms with Gasteiger partial charge in [-0.15, -0.1) is 0 Å². The second-order valence-electron chi connectivity index (χ2n) is 5.17. The van der Waals surface area contributed by atoms with Crippen molar-refractivity contribution in [3.8, 4) is 11.1 Å². The van der Waals surface area contributed by atoms with E-state index < -0.39 is 24.6 Å². The predicted octanol–water partition coefficient (Wildman–Crippen LogP) is 2.71. The average Bonchev–Trinajstić information content (AvgIpc) is 2.61. The lowest BCUT2D eigenvalue weighted by Gasteiger charge is -2.07. The maximum Gasteiger partial charge on any atom is 0.413 e. The molecular weight excluding hydrogens is 322 g/mol. The number of rotatable bonds is 6. The quantitative estimate of drug-likeness (QED) is 0.817.